The largest absolute Gasteiger partial charge is 0.228 e. The number of hydrogen-bond acceptors (Lipinski definition) is 2. The fraction of sp³-hybridized carbons (Fsp3) is 0.250. The Bertz CT molecular complexity index is 445. The van der Waals surface area contributed by atoms with Gasteiger partial charge >= 0.3 is 0 Å². The zero-order valence-corrected chi connectivity index (χ0v) is 8.18. The molecule has 0 saturated heterocycles. The molecule has 0 bridgehead atoms. The predicted octanol–water partition coefficient (Wildman–Crippen LogP) is 1.31. The normalized spacial score (nSPS) is 14.0. The van der Waals surface area contributed by atoms with E-state index in [0.29, 0.717) is 0 Å². The summed E-state index contributed by atoms with van der Waals surface area (Å²) >= 11 is 0. The zero-order chi connectivity index (χ0) is 10.9. The van der Waals surface area contributed by atoms with Crippen molar-refractivity contribution in [1.82, 2.24) is 0 Å². The van der Waals surface area contributed by atoms with E-state index in [1.54, 1.807) is 0 Å². The van der Waals surface area contributed by atoms with Crippen molar-refractivity contribution in [1.29, 1.82) is 0 Å². The summed E-state index contributed by atoms with van der Waals surface area (Å²) in [4.78, 5) is 0. The van der Waals surface area contributed by atoms with Gasteiger partial charge in [0.25, 0.3) is 0 Å². The topological polar surface area (TPSA) is 60.2 Å². The van der Waals surface area contributed by atoms with Crippen molar-refractivity contribution >= 4 is 10.0 Å². The van der Waals surface area contributed by atoms with Crippen molar-refractivity contribution in [2.24, 2.45) is 5.14 Å². The Hall–Kier alpha value is -1.01. The average molecular weight is 221 g/mol. The molecule has 1 aromatic carbocycles. The van der Waals surface area contributed by atoms with Gasteiger partial charge in [-0.2, -0.15) is 0 Å². The summed E-state index contributed by atoms with van der Waals surface area (Å²) in [5.41, 5.74) is 0.131. The maximum Gasteiger partial charge on any atom is 0.215 e. The molecule has 6 heteroatoms. The van der Waals surface area contributed by atoms with Crippen LogP contribution in [0.5, 0.6) is 0 Å². The summed E-state index contributed by atoms with van der Waals surface area (Å²) in [6.07, 6.45) is 0. The van der Waals surface area contributed by atoms with E-state index >= 15 is 0 Å². The molecule has 1 unspecified atom stereocenters. The van der Waals surface area contributed by atoms with Crippen LogP contribution in [0.4, 0.5) is 8.78 Å². The Morgan fingerprint density at radius 1 is 1.29 bits per heavy atom. The molecule has 0 aromatic heterocycles. The van der Waals surface area contributed by atoms with Crippen molar-refractivity contribution in [3.05, 3.63) is 35.4 Å². The lowest BCUT2D eigenvalue weighted by molar-refractivity contribution is 0.506. The lowest BCUT2D eigenvalue weighted by Crippen LogP contribution is -2.19. The monoisotopic (exact) mass is 221 g/mol. The Labute approximate surface area is 80.6 Å². The lowest BCUT2D eigenvalue weighted by Gasteiger charge is -2.08. The molecule has 0 heterocycles. The third-order valence-corrected chi connectivity index (χ3v) is 3.16. The van der Waals surface area contributed by atoms with Crippen molar-refractivity contribution in [3.63, 3.8) is 0 Å². The van der Waals surface area contributed by atoms with Crippen LogP contribution in [0.3, 0.4) is 0 Å². The standard InChI is InChI=1S/C8H9F2NO2S/c1-5(14(11,12)13)6-2-3-7(9)8(10)4-6/h2-5H,1H3,(H2,11,12,13). The second-order valence-electron chi connectivity index (χ2n) is 2.90. The molecule has 0 saturated carbocycles. The van der Waals surface area contributed by atoms with Gasteiger partial charge in [-0.15, -0.1) is 0 Å². The van der Waals surface area contributed by atoms with E-state index in [-0.39, 0.29) is 5.56 Å². The van der Waals surface area contributed by atoms with Gasteiger partial charge in [0.1, 0.15) is 0 Å². The Kier molecular flexibility index (Phi) is 2.86. The number of hydrogen-bond donors (Lipinski definition) is 1. The number of halogens is 2. The van der Waals surface area contributed by atoms with Crippen molar-refractivity contribution in [2.75, 3.05) is 0 Å². The Morgan fingerprint density at radius 3 is 2.29 bits per heavy atom. The molecule has 0 aliphatic heterocycles. The molecule has 0 aliphatic rings. The molecule has 1 atom stereocenters. The van der Waals surface area contributed by atoms with E-state index in [2.05, 4.69) is 0 Å². The highest BCUT2D eigenvalue weighted by molar-refractivity contribution is 7.89. The minimum atomic E-state index is -3.77. The molecule has 0 radical (unpaired) electrons. The van der Waals surface area contributed by atoms with Crippen molar-refractivity contribution < 1.29 is 17.2 Å². The lowest BCUT2D eigenvalue weighted by atomic mass is 10.1. The molecular formula is C8H9F2NO2S. The summed E-state index contributed by atoms with van der Waals surface area (Å²) in [5, 5.41) is 3.81. The van der Waals surface area contributed by atoms with Gasteiger partial charge in [0.15, 0.2) is 11.6 Å². The van der Waals surface area contributed by atoms with Crippen LogP contribution < -0.4 is 5.14 Å². The van der Waals surface area contributed by atoms with E-state index in [1.165, 1.54) is 13.0 Å². The van der Waals surface area contributed by atoms with Gasteiger partial charge < -0.3 is 0 Å². The highest BCUT2D eigenvalue weighted by Gasteiger charge is 2.18. The van der Waals surface area contributed by atoms with E-state index in [9.17, 15) is 17.2 Å². The van der Waals surface area contributed by atoms with E-state index in [1.807, 2.05) is 0 Å². The van der Waals surface area contributed by atoms with Crippen molar-refractivity contribution in [2.45, 2.75) is 12.2 Å². The second kappa shape index (κ2) is 3.62. The zero-order valence-electron chi connectivity index (χ0n) is 7.37. The number of sulfonamides is 1. The van der Waals surface area contributed by atoms with Crippen LogP contribution in [0.25, 0.3) is 0 Å². The highest BCUT2D eigenvalue weighted by Crippen LogP contribution is 2.20. The summed E-state index contributed by atoms with van der Waals surface area (Å²) in [7, 11) is -3.77. The van der Waals surface area contributed by atoms with Gasteiger partial charge in [0.05, 0.1) is 5.25 Å². The molecule has 0 amide bonds. The number of benzene rings is 1. The summed E-state index contributed by atoms with van der Waals surface area (Å²) in [5.74, 6) is -2.10. The maximum absolute atomic E-state index is 12.7. The van der Waals surface area contributed by atoms with Crippen LogP contribution in [0.2, 0.25) is 0 Å². The summed E-state index contributed by atoms with van der Waals surface area (Å²) in [6.45, 7) is 1.31. The minimum absolute atomic E-state index is 0.131. The first-order valence-corrected chi connectivity index (χ1v) is 5.40. The van der Waals surface area contributed by atoms with Gasteiger partial charge in [-0.25, -0.2) is 22.3 Å². The Morgan fingerprint density at radius 2 is 1.86 bits per heavy atom. The van der Waals surface area contributed by atoms with E-state index in [0.717, 1.165) is 12.1 Å². The third-order valence-electron chi connectivity index (χ3n) is 1.91. The number of primary sulfonamides is 1. The van der Waals surface area contributed by atoms with Gasteiger partial charge in [-0.3, -0.25) is 0 Å². The quantitative estimate of drug-likeness (QED) is 0.818. The first-order chi connectivity index (χ1) is 6.32. The molecule has 0 fully saturated rings. The van der Waals surface area contributed by atoms with Crippen molar-refractivity contribution in [3.8, 4) is 0 Å². The Balaban J connectivity index is 3.16. The van der Waals surface area contributed by atoms with Crippen LogP contribution in [0, 0.1) is 11.6 Å². The number of rotatable bonds is 2. The molecule has 14 heavy (non-hydrogen) atoms. The smallest absolute Gasteiger partial charge is 0.215 e. The molecule has 2 N–H and O–H groups in total. The van der Waals surface area contributed by atoms with Gasteiger partial charge in [-0.05, 0) is 24.6 Å². The molecule has 1 rings (SSSR count). The summed E-state index contributed by atoms with van der Waals surface area (Å²) in [6, 6.07) is 2.88. The molecule has 0 spiro atoms. The SMILES string of the molecule is CC(c1ccc(F)c(F)c1)S(N)(=O)=O. The molecule has 0 aliphatic carbocycles. The first kappa shape index (κ1) is 11.1. The second-order valence-corrected chi connectivity index (χ2v) is 4.79. The van der Waals surface area contributed by atoms with Gasteiger partial charge in [-0.1, -0.05) is 6.07 Å². The summed E-state index contributed by atoms with van der Waals surface area (Å²) < 4.78 is 47.0. The average Bonchev–Trinajstić information content (AvgIpc) is 2.07. The fourth-order valence-electron chi connectivity index (χ4n) is 0.955. The highest BCUT2D eigenvalue weighted by atomic mass is 32.2. The fourth-order valence-corrected chi connectivity index (χ4v) is 1.48. The maximum atomic E-state index is 12.7. The van der Waals surface area contributed by atoms with Crippen LogP contribution in [0.15, 0.2) is 18.2 Å². The van der Waals surface area contributed by atoms with E-state index in [4.69, 9.17) is 5.14 Å². The minimum Gasteiger partial charge on any atom is -0.228 e. The predicted molar refractivity (Wildman–Crippen MR) is 47.9 cm³/mol. The van der Waals surface area contributed by atoms with Gasteiger partial charge in [0.2, 0.25) is 10.0 Å². The first-order valence-electron chi connectivity index (χ1n) is 3.79. The van der Waals surface area contributed by atoms with Crippen LogP contribution in [-0.2, 0) is 10.0 Å². The number of nitrogens with two attached hydrogens (primary N) is 1. The molecule has 3 nitrogen and oxygen atoms in total. The van der Waals surface area contributed by atoms with Crippen LogP contribution in [-0.4, -0.2) is 8.42 Å². The molecule has 78 valence electrons. The third kappa shape index (κ3) is 2.27. The molecular weight excluding hydrogens is 212 g/mol. The van der Waals surface area contributed by atoms with E-state index < -0.39 is 26.9 Å². The molecule has 1 aromatic rings. The van der Waals surface area contributed by atoms with Crippen LogP contribution >= 0.6 is 0 Å². The van der Waals surface area contributed by atoms with Gasteiger partial charge in [0, 0.05) is 0 Å². The van der Waals surface area contributed by atoms with Crippen LogP contribution in [0.1, 0.15) is 17.7 Å².